The molecule has 3 aromatic rings. The first kappa shape index (κ1) is 9.90. The monoisotopic (exact) mass is 223 g/mol. The van der Waals surface area contributed by atoms with Gasteiger partial charge in [0.25, 0.3) is 0 Å². The lowest BCUT2D eigenvalue weighted by Crippen LogP contribution is -2.05. The van der Waals surface area contributed by atoms with Crippen LogP contribution in [0.3, 0.4) is 0 Å². The zero-order valence-electron chi connectivity index (χ0n) is 9.30. The van der Waals surface area contributed by atoms with Gasteiger partial charge in [0.15, 0.2) is 0 Å². The number of aromatic amines is 2. The van der Waals surface area contributed by atoms with Crippen LogP contribution in [-0.2, 0) is 0 Å². The Morgan fingerprint density at radius 2 is 1.53 bits per heavy atom. The fourth-order valence-electron chi connectivity index (χ4n) is 2.08. The molecule has 0 aliphatic carbocycles. The van der Waals surface area contributed by atoms with Gasteiger partial charge in [-0.2, -0.15) is 0 Å². The summed E-state index contributed by atoms with van der Waals surface area (Å²) in [6, 6.07) is 14.2. The summed E-state index contributed by atoms with van der Waals surface area (Å²) >= 11 is 0. The second-order valence-corrected chi connectivity index (χ2v) is 3.94. The molecule has 3 rings (SSSR count). The number of rotatable bonds is 3. The SMILES string of the molecule is c1ccc(C(c2ccc[nH]2)c2ccc[nH]2)nc1. The van der Waals surface area contributed by atoms with Crippen LogP contribution in [0.1, 0.15) is 23.0 Å². The Kier molecular flexibility index (Phi) is 2.50. The van der Waals surface area contributed by atoms with Crippen molar-refractivity contribution in [2.45, 2.75) is 5.92 Å². The zero-order chi connectivity index (χ0) is 11.5. The van der Waals surface area contributed by atoms with Gasteiger partial charge in [0, 0.05) is 30.0 Å². The van der Waals surface area contributed by atoms with Crippen molar-refractivity contribution in [3.63, 3.8) is 0 Å². The zero-order valence-corrected chi connectivity index (χ0v) is 9.30. The first-order chi connectivity index (χ1) is 8.45. The average molecular weight is 223 g/mol. The highest BCUT2D eigenvalue weighted by Gasteiger charge is 2.18. The first-order valence-electron chi connectivity index (χ1n) is 5.62. The molecule has 0 saturated carbocycles. The molecule has 0 spiro atoms. The van der Waals surface area contributed by atoms with Crippen molar-refractivity contribution < 1.29 is 0 Å². The summed E-state index contributed by atoms with van der Waals surface area (Å²) in [7, 11) is 0. The van der Waals surface area contributed by atoms with Crippen molar-refractivity contribution in [1.29, 1.82) is 0 Å². The largest absolute Gasteiger partial charge is 0.364 e. The van der Waals surface area contributed by atoms with E-state index in [4.69, 9.17) is 0 Å². The van der Waals surface area contributed by atoms with Gasteiger partial charge in [0.2, 0.25) is 0 Å². The van der Waals surface area contributed by atoms with Crippen molar-refractivity contribution in [1.82, 2.24) is 15.0 Å². The third kappa shape index (κ3) is 1.87. The second kappa shape index (κ2) is 4.29. The van der Waals surface area contributed by atoms with E-state index < -0.39 is 0 Å². The molecule has 0 saturated heterocycles. The molecule has 0 atom stereocenters. The fourth-order valence-corrected chi connectivity index (χ4v) is 2.08. The minimum atomic E-state index is 0.140. The van der Waals surface area contributed by atoms with E-state index in [9.17, 15) is 0 Å². The van der Waals surface area contributed by atoms with Crippen LogP contribution in [0.25, 0.3) is 0 Å². The molecule has 3 heterocycles. The van der Waals surface area contributed by atoms with Crippen LogP contribution in [0.15, 0.2) is 61.1 Å². The Morgan fingerprint density at radius 3 is 2.00 bits per heavy atom. The molecule has 0 unspecified atom stereocenters. The quantitative estimate of drug-likeness (QED) is 0.704. The van der Waals surface area contributed by atoms with Gasteiger partial charge in [-0.25, -0.2) is 0 Å². The lowest BCUT2D eigenvalue weighted by atomic mass is 9.97. The van der Waals surface area contributed by atoms with Crippen molar-refractivity contribution >= 4 is 0 Å². The summed E-state index contributed by atoms with van der Waals surface area (Å²) in [5.74, 6) is 0.140. The van der Waals surface area contributed by atoms with E-state index in [0.29, 0.717) is 0 Å². The third-order valence-corrected chi connectivity index (χ3v) is 2.85. The smallest absolute Gasteiger partial charge is 0.0813 e. The van der Waals surface area contributed by atoms with E-state index in [2.05, 4.69) is 27.1 Å². The summed E-state index contributed by atoms with van der Waals surface area (Å²) in [6.45, 7) is 0. The first-order valence-corrected chi connectivity index (χ1v) is 5.62. The van der Waals surface area contributed by atoms with Gasteiger partial charge in [-0.15, -0.1) is 0 Å². The van der Waals surface area contributed by atoms with E-state index in [-0.39, 0.29) is 5.92 Å². The maximum Gasteiger partial charge on any atom is 0.0813 e. The maximum atomic E-state index is 4.45. The van der Waals surface area contributed by atoms with E-state index in [1.807, 2.05) is 48.9 Å². The number of hydrogen-bond donors (Lipinski definition) is 2. The van der Waals surface area contributed by atoms with E-state index in [1.165, 1.54) is 0 Å². The molecule has 3 nitrogen and oxygen atoms in total. The number of aromatic nitrogens is 3. The molecule has 84 valence electrons. The van der Waals surface area contributed by atoms with E-state index in [1.54, 1.807) is 0 Å². The molecular formula is C14H13N3. The van der Waals surface area contributed by atoms with Crippen LogP contribution in [0.5, 0.6) is 0 Å². The summed E-state index contributed by atoms with van der Waals surface area (Å²) in [5.41, 5.74) is 3.33. The highest BCUT2D eigenvalue weighted by atomic mass is 14.8. The van der Waals surface area contributed by atoms with Crippen molar-refractivity contribution in [2.24, 2.45) is 0 Å². The van der Waals surface area contributed by atoms with Gasteiger partial charge >= 0.3 is 0 Å². The topological polar surface area (TPSA) is 44.5 Å². The van der Waals surface area contributed by atoms with Gasteiger partial charge in [-0.05, 0) is 36.4 Å². The number of nitrogens with zero attached hydrogens (tertiary/aromatic N) is 1. The van der Waals surface area contributed by atoms with Crippen LogP contribution in [0, 0.1) is 0 Å². The molecule has 0 fully saturated rings. The van der Waals surface area contributed by atoms with Gasteiger partial charge in [0.05, 0.1) is 11.6 Å². The molecule has 3 heteroatoms. The number of pyridine rings is 1. The normalized spacial score (nSPS) is 10.9. The van der Waals surface area contributed by atoms with Crippen molar-refractivity contribution in [3.05, 3.63) is 78.1 Å². The van der Waals surface area contributed by atoms with E-state index in [0.717, 1.165) is 17.1 Å². The minimum Gasteiger partial charge on any atom is -0.364 e. The predicted octanol–water partition coefficient (Wildman–Crippen LogP) is 2.92. The molecule has 0 amide bonds. The maximum absolute atomic E-state index is 4.45. The number of hydrogen-bond acceptors (Lipinski definition) is 1. The molecule has 0 aliphatic heterocycles. The van der Waals surface area contributed by atoms with Crippen LogP contribution in [-0.4, -0.2) is 15.0 Å². The molecule has 0 aliphatic rings. The van der Waals surface area contributed by atoms with E-state index >= 15 is 0 Å². The summed E-state index contributed by atoms with van der Waals surface area (Å²) in [5, 5.41) is 0. The fraction of sp³-hybridized carbons (Fsp3) is 0.0714. The summed E-state index contributed by atoms with van der Waals surface area (Å²) in [6.07, 6.45) is 5.70. The lowest BCUT2D eigenvalue weighted by Gasteiger charge is -2.13. The van der Waals surface area contributed by atoms with Crippen LogP contribution in [0.2, 0.25) is 0 Å². The Labute approximate surface area is 99.5 Å². The molecular weight excluding hydrogens is 210 g/mol. The molecule has 0 bridgehead atoms. The number of nitrogens with one attached hydrogen (secondary N) is 2. The van der Waals surface area contributed by atoms with Crippen LogP contribution >= 0.6 is 0 Å². The molecule has 17 heavy (non-hydrogen) atoms. The van der Waals surface area contributed by atoms with Crippen LogP contribution < -0.4 is 0 Å². The Balaban J connectivity index is 2.10. The molecule has 0 aromatic carbocycles. The van der Waals surface area contributed by atoms with Gasteiger partial charge in [-0.3, -0.25) is 4.98 Å². The summed E-state index contributed by atoms with van der Waals surface area (Å²) in [4.78, 5) is 11.0. The predicted molar refractivity (Wildman–Crippen MR) is 66.8 cm³/mol. The van der Waals surface area contributed by atoms with Crippen molar-refractivity contribution in [2.75, 3.05) is 0 Å². The second-order valence-electron chi connectivity index (χ2n) is 3.94. The highest BCUT2D eigenvalue weighted by Crippen LogP contribution is 2.27. The van der Waals surface area contributed by atoms with Gasteiger partial charge in [0.1, 0.15) is 0 Å². The molecule has 0 radical (unpaired) electrons. The Bertz CT molecular complexity index is 519. The Hall–Kier alpha value is -2.29. The number of H-pyrrole nitrogens is 2. The standard InChI is InChI=1S/C14H13N3/c1-2-8-15-11(5-1)14(12-6-3-9-16-12)13-7-4-10-17-13/h1-10,14,16-17H. The van der Waals surface area contributed by atoms with Crippen molar-refractivity contribution in [3.8, 4) is 0 Å². The molecule has 2 N–H and O–H groups in total. The van der Waals surface area contributed by atoms with Gasteiger partial charge in [-0.1, -0.05) is 6.07 Å². The average Bonchev–Trinajstić information content (AvgIpc) is 3.04. The van der Waals surface area contributed by atoms with Gasteiger partial charge < -0.3 is 9.97 Å². The Morgan fingerprint density at radius 1 is 0.824 bits per heavy atom. The third-order valence-electron chi connectivity index (χ3n) is 2.85. The van der Waals surface area contributed by atoms with Crippen LogP contribution in [0.4, 0.5) is 0 Å². The lowest BCUT2D eigenvalue weighted by molar-refractivity contribution is 0.858. The molecule has 3 aromatic heterocycles. The highest BCUT2D eigenvalue weighted by molar-refractivity contribution is 5.33. The summed E-state index contributed by atoms with van der Waals surface area (Å²) < 4.78 is 0. The minimum absolute atomic E-state index is 0.140.